The summed E-state index contributed by atoms with van der Waals surface area (Å²) in [5, 5.41) is 5.00. The summed E-state index contributed by atoms with van der Waals surface area (Å²) in [5.41, 5.74) is 2.18. The molecule has 2 nitrogen and oxygen atoms in total. The summed E-state index contributed by atoms with van der Waals surface area (Å²) in [7, 11) is 0. The molecule has 1 atom stereocenters. The lowest BCUT2D eigenvalue weighted by molar-refractivity contribution is 0.0770. The molecular formula is C19H28ClNO. The van der Waals surface area contributed by atoms with E-state index < -0.39 is 0 Å². The van der Waals surface area contributed by atoms with E-state index in [1.54, 1.807) is 0 Å². The van der Waals surface area contributed by atoms with Gasteiger partial charge < -0.3 is 4.84 Å². The number of hydrogen-bond donors (Lipinski definition) is 0. The van der Waals surface area contributed by atoms with Gasteiger partial charge in [0.05, 0.1) is 5.71 Å². The molecule has 0 saturated heterocycles. The molecule has 0 amide bonds. The summed E-state index contributed by atoms with van der Waals surface area (Å²) in [4.78, 5) is 5.56. The van der Waals surface area contributed by atoms with Crippen LogP contribution in [-0.4, -0.2) is 11.8 Å². The number of oxime groups is 1. The van der Waals surface area contributed by atoms with Crippen LogP contribution in [0.3, 0.4) is 0 Å². The summed E-state index contributed by atoms with van der Waals surface area (Å²) in [6.45, 7) is 2.27. The molecular weight excluding hydrogens is 294 g/mol. The van der Waals surface area contributed by atoms with E-state index in [9.17, 15) is 0 Å². The van der Waals surface area contributed by atoms with Crippen molar-refractivity contribution in [2.45, 2.75) is 77.2 Å². The van der Waals surface area contributed by atoms with Gasteiger partial charge in [0.2, 0.25) is 0 Å². The normalized spacial score (nSPS) is 17.4. The average molecular weight is 322 g/mol. The Labute approximate surface area is 139 Å². The highest BCUT2D eigenvalue weighted by Crippen LogP contribution is 2.22. The maximum Gasteiger partial charge on any atom is 0.133 e. The van der Waals surface area contributed by atoms with Gasteiger partial charge in [-0.2, -0.15) is 0 Å². The molecule has 1 aliphatic heterocycles. The molecule has 0 saturated carbocycles. The van der Waals surface area contributed by atoms with E-state index >= 15 is 0 Å². The highest BCUT2D eigenvalue weighted by molar-refractivity contribution is 6.30. The van der Waals surface area contributed by atoms with Gasteiger partial charge in [-0.1, -0.05) is 80.8 Å². The zero-order valence-electron chi connectivity index (χ0n) is 13.7. The highest BCUT2D eigenvalue weighted by atomic mass is 35.5. The lowest BCUT2D eigenvalue weighted by Gasteiger charge is -2.07. The van der Waals surface area contributed by atoms with Gasteiger partial charge in [-0.3, -0.25) is 0 Å². The van der Waals surface area contributed by atoms with Crippen molar-refractivity contribution in [3.05, 3.63) is 34.9 Å². The van der Waals surface area contributed by atoms with E-state index in [4.69, 9.17) is 16.4 Å². The van der Waals surface area contributed by atoms with Crippen LogP contribution in [0.15, 0.2) is 29.4 Å². The number of rotatable bonds is 10. The van der Waals surface area contributed by atoms with Gasteiger partial charge in [-0.15, -0.1) is 0 Å². The topological polar surface area (TPSA) is 21.6 Å². The molecule has 1 aliphatic rings. The molecule has 0 unspecified atom stereocenters. The van der Waals surface area contributed by atoms with Crippen LogP contribution >= 0.6 is 11.6 Å². The predicted octanol–water partition coefficient (Wildman–Crippen LogP) is 6.36. The summed E-state index contributed by atoms with van der Waals surface area (Å²) < 4.78 is 0. The van der Waals surface area contributed by atoms with Crippen molar-refractivity contribution in [2.75, 3.05) is 0 Å². The SMILES string of the molecule is CCCCCCCCCC[C@@H]1CC(c2ccc(Cl)cc2)=NO1. The predicted molar refractivity (Wildman–Crippen MR) is 94.7 cm³/mol. The first-order valence-electron chi connectivity index (χ1n) is 8.78. The molecule has 1 aromatic rings. The molecule has 0 aliphatic carbocycles. The molecule has 0 fully saturated rings. The van der Waals surface area contributed by atoms with Crippen molar-refractivity contribution in [1.29, 1.82) is 0 Å². The van der Waals surface area contributed by atoms with Gasteiger partial charge in [-0.05, 0) is 30.5 Å². The molecule has 3 heteroatoms. The van der Waals surface area contributed by atoms with E-state index in [2.05, 4.69) is 12.1 Å². The molecule has 0 spiro atoms. The van der Waals surface area contributed by atoms with E-state index in [0.717, 1.165) is 29.1 Å². The first-order valence-corrected chi connectivity index (χ1v) is 9.16. The molecule has 22 heavy (non-hydrogen) atoms. The first kappa shape index (κ1) is 17.3. The Morgan fingerprint density at radius 3 is 2.32 bits per heavy atom. The fourth-order valence-electron chi connectivity index (χ4n) is 2.90. The highest BCUT2D eigenvalue weighted by Gasteiger charge is 2.21. The average Bonchev–Trinajstić information content (AvgIpc) is 2.99. The Bertz CT molecular complexity index is 455. The van der Waals surface area contributed by atoms with Crippen LogP contribution in [0.2, 0.25) is 5.02 Å². The largest absolute Gasteiger partial charge is 0.392 e. The Morgan fingerprint density at radius 1 is 1.00 bits per heavy atom. The van der Waals surface area contributed by atoms with E-state index in [1.807, 2.05) is 24.3 Å². The third kappa shape index (κ3) is 6.00. The van der Waals surface area contributed by atoms with Crippen molar-refractivity contribution in [2.24, 2.45) is 5.16 Å². The van der Waals surface area contributed by atoms with Crippen LogP contribution in [0.1, 0.15) is 76.7 Å². The Morgan fingerprint density at radius 2 is 1.64 bits per heavy atom. The summed E-state index contributed by atoms with van der Waals surface area (Å²) in [6.07, 6.45) is 13.2. The van der Waals surface area contributed by atoms with Crippen LogP contribution in [-0.2, 0) is 4.84 Å². The second kappa shape index (κ2) is 9.89. The van der Waals surface area contributed by atoms with Crippen molar-refractivity contribution in [3.63, 3.8) is 0 Å². The fourth-order valence-corrected chi connectivity index (χ4v) is 3.03. The van der Waals surface area contributed by atoms with Crippen molar-refractivity contribution >= 4 is 17.3 Å². The van der Waals surface area contributed by atoms with E-state index in [0.29, 0.717) is 0 Å². The Balaban J connectivity index is 1.55. The molecule has 1 heterocycles. The summed E-state index contributed by atoms with van der Waals surface area (Å²) >= 11 is 5.91. The Hall–Kier alpha value is -1.02. The molecule has 0 N–H and O–H groups in total. The van der Waals surface area contributed by atoms with Crippen LogP contribution in [0.5, 0.6) is 0 Å². The van der Waals surface area contributed by atoms with Crippen molar-refractivity contribution < 1.29 is 4.84 Å². The van der Waals surface area contributed by atoms with Gasteiger partial charge in [0, 0.05) is 11.4 Å². The monoisotopic (exact) mass is 321 g/mol. The second-order valence-corrected chi connectivity index (χ2v) is 6.68. The van der Waals surface area contributed by atoms with Crippen LogP contribution in [0, 0.1) is 0 Å². The molecule has 1 aromatic carbocycles. The maximum absolute atomic E-state index is 5.91. The van der Waals surface area contributed by atoms with Gasteiger partial charge in [0.15, 0.2) is 0 Å². The van der Waals surface area contributed by atoms with E-state index in [1.165, 1.54) is 51.4 Å². The van der Waals surface area contributed by atoms with Crippen LogP contribution < -0.4 is 0 Å². The minimum absolute atomic E-state index is 0.269. The van der Waals surface area contributed by atoms with Gasteiger partial charge in [0.25, 0.3) is 0 Å². The number of nitrogens with zero attached hydrogens (tertiary/aromatic N) is 1. The zero-order valence-corrected chi connectivity index (χ0v) is 14.4. The van der Waals surface area contributed by atoms with E-state index in [-0.39, 0.29) is 6.10 Å². The zero-order chi connectivity index (χ0) is 15.6. The van der Waals surface area contributed by atoms with Gasteiger partial charge in [0.1, 0.15) is 6.10 Å². The standard InChI is InChI=1S/C19H28ClNO/c1-2-3-4-5-6-7-8-9-10-18-15-19(21-22-18)16-11-13-17(20)14-12-16/h11-14,18H,2-10,15H2,1H3/t18-/m1/s1. The lowest BCUT2D eigenvalue weighted by atomic mass is 10.0. The molecule has 0 bridgehead atoms. The quantitative estimate of drug-likeness (QED) is 0.459. The van der Waals surface area contributed by atoms with Crippen LogP contribution in [0.4, 0.5) is 0 Å². The number of hydrogen-bond acceptors (Lipinski definition) is 2. The smallest absolute Gasteiger partial charge is 0.133 e. The second-order valence-electron chi connectivity index (χ2n) is 6.24. The lowest BCUT2D eigenvalue weighted by Crippen LogP contribution is -2.08. The first-order chi connectivity index (χ1) is 10.8. The Kier molecular flexibility index (Phi) is 7.79. The third-order valence-corrected chi connectivity index (χ3v) is 4.54. The van der Waals surface area contributed by atoms with Crippen LogP contribution in [0.25, 0.3) is 0 Å². The molecule has 122 valence electrons. The summed E-state index contributed by atoms with van der Waals surface area (Å²) in [5.74, 6) is 0. The van der Waals surface area contributed by atoms with Gasteiger partial charge in [-0.25, -0.2) is 0 Å². The van der Waals surface area contributed by atoms with Gasteiger partial charge >= 0.3 is 0 Å². The third-order valence-electron chi connectivity index (χ3n) is 4.29. The molecule has 2 rings (SSSR count). The maximum atomic E-state index is 5.91. The summed E-state index contributed by atoms with van der Waals surface area (Å²) in [6, 6.07) is 7.85. The number of benzene rings is 1. The van der Waals surface area contributed by atoms with Crippen molar-refractivity contribution in [1.82, 2.24) is 0 Å². The van der Waals surface area contributed by atoms with Crippen molar-refractivity contribution in [3.8, 4) is 0 Å². The minimum atomic E-state index is 0.269. The number of halogens is 1. The molecule has 0 radical (unpaired) electrons. The fraction of sp³-hybridized carbons (Fsp3) is 0.632. The molecule has 0 aromatic heterocycles. The minimum Gasteiger partial charge on any atom is -0.392 e. The number of unbranched alkanes of at least 4 members (excludes halogenated alkanes) is 7.